The molecule has 1 fully saturated rings. The second kappa shape index (κ2) is 11.9. The maximum atomic E-state index is 12.8. The van der Waals surface area contributed by atoms with Gasteiger partial charge in [-0.25, -0.2) is 4.39 Å². The van der Waals surface area contributed by atoms with Gasteiger partial charge in [-0.15, -0.1) is 24.8 Å². The summed E-state index contributed by atoms with van der Waals surface area (Å²) < 4.78 is 24.0. The van der Waals surface area contributed by atoms with Crippen LogP contribution in [0, 0.1) is 5.82 Å². The Bertz CT molecular complexity index is 665. The number of benzene rings is 2. The lowest BCUT2D eigenvalue weighted by Gasteiger charge is -2.36. The van der Waals surface area contributed by atoms with Crippen molar-refractivity contribution in [1.82, 2.24) is 4.90 Å². The Morgan fingerprint density at radius 3 is 2.26 bits per heavy atom. The van der Waals surface area contributed by atoms with E-state index in [0.717, 1.165) is 50.6 Å². The minimum absolute atomic E-state index is 0. The summed E-state index contributed by atoms with van der Waals surface area (Å²) in [7, 11) is 1.72. The molecular weight excluding hydrogens is 390 g/mol. The third-order valence-corrected chi connectivity index (χ3v) is 4.50. The van der Waals surface area contributed by atoms with Crippen LogP contribution >= 0.6 is 24.8 Å². The lowest BCUT2D eigenvalue weighted by Crippen LogP contribution is -2.46. The number of ether oxygens (including phenoxy) is 2. The Morgan fingerprint density at radius 1 is 0.926 bits per heavy atom. The molecule has 3 rings (SSSR count). The van der Waals surface area contributed by atoms with E-state index in [0.29, 0.717) is 6.61 Å². The zero-order valence-corrected chi connectivity index (χ0v) is 17.1. The van der Waals surface area contributed by atoms with E-state index >= 15 is 0 Å². The summed E-state index contributed by atoms with van der Waals surface area (Å²) in [5.74, 6) is 1.42. The van der Waals surface area contributed by atoms with Crippen LogP contribution in [-0.4, -0.2) is 51.3 Å². The van der Waals surface area contributed by atoms with E-state index in [1.807, 2.05) is 12.1 Å². The summed E-state index contributed by atoms with van der Waals surface area (Å²) in [4.78, 5) is 4.84. The van der Waals surface area contributed by atoms with Crippen LogP contribution in [0.3, 0.4) is 0 Å². The summed E-state index contributed by atoms with van der Waals surface area (Å²) in [6.07, 6.45) is 0.964. The number of nitrogens with zero attached hydrogens (tertiary/aromatic N) is 2. The van der Waals surface area contributed by atoms with E-state index in [1.165, 1.54) is 17.8 Å². The van der Waals surface area contributed by atoms with Gasteiger partial charge < -0.3 is 14.4 Å². The molecule has 2 aromatic carbocycles. The van der Waals surface area contributed by atoms with E-state index in [4.69, 9.17) is 9.47 Å². The number of hydrogen-bond donors (Lipinski definition) is 0. The monoisotopic (exact) mass is 416 g/mol. The van der Waals surface area contributed by atoms with Gasteiger partial charge in [0.1, 0.15) is 17.3 Å². The fourth-order valence-corrected chi connectivity index (χ4v) is 3.11. The number of para-hydroxylation sites is 2. The molecule has 1 aliphatic heterocycles. The largest absolute Gasteiger partial charge is 0.495 e. The molecule has 2 aromatic rings. The van der Waals surface area contributed by atoms with E-state index in [2.05, 4.69) is 21.9 Å². The lowest BCUT2D eigenvalue weighted by molar-refractivity contribution is 0.224. The molecule has 0 aliphatic carbocycles. The maximum absolute atomic E-state index is 12.8. The predicted octanol–water partition coefficient (Wildman–Crippen LogP) is 4.27. The van der Waals surface area contributed by atoms with Crippen molar-refractivity contribution in [1.29, 1.82) is 0 Å². The molecule has 0 spiro atoms. The van der Waals surface area contributed by atoms with Gasteiger partial charge in [-0.2, -0.15) is 0 Å². The number of halogens is 3. The second-order valence-corrected chi connectivity index (χ2v) is 6.16. The van der Waals surface area contributed by atoms with Gasteiger partial charge in [0.25, 0.3) is 0 Å². The minimum Gasteiger partial charge on any atom is -0.495 e. The van der Waals surface area contributed by atoms with Gasteiger partial charge >= 0.3 is 0 Å². The van der Waals surface area contributed by atoms with Crippen LogP contribution in [0.2, 0.25) is 0 Å². The minimum atomic E-state index is -0.236. The standard InChI is InChI=1S/C20H25FN2O2.2ClH/c1-24-20-6-3-2-5-19(20)23-14-12-22(13-15-23)11-4-16-25-18-9-7-17(21)8-10-18;;/h2-3,5-10H,4,11-16H2,1H3;2*1H. The SMILES string of the molecule is COc1ccccc1N1CCN(CCCOc2ccc(F)cc2)CC1.Cl.Cl. The van der Waals surface area contributed by atoms with Gasteiger partial charge in [-0.1, -0.05) is 12.1 Å². The van der Waals surface area contributed by atoms with Crippen LogP contribution < -0.4 is 14.4 Å². The molecule has 0 amide bonds. The van der Waals surface area contributed by atoms with Crippen molar-refractivity contribution in [3.05, 3.63) is 54.3 Å². The molecule has 0 bridgehead atoms. The molecule has 27 heavy (non-hydrogen) atoms. The van der Waals surface area contributed by atoms with E-state index in [9.17, 15) is 4.39 Å². The quantitative estimate of drug-likeness (QED) is 0.629. The van der Waals surface area contributed by atoms with E-state index in [-0.39, 0.29) is 30.6 Å². The Balaban J connectivity index is 0.00000182. The second-order valence-electron chi connectivity index (χ2n) is 6.16. The van der Waals surface area contributed by atoms with Crippen LogP contribution in [-0.2, 0) is 0 Å². The molecule has 1 heterocycles. The van der Waals surface area contributed by atoms with Crippen molar-refractivity contribution in [2.45, 2.75) is 6.42 Å². The Labute approximate surface area is 173 Å². The first kappa shape index (κ1) is 23.3. The van der Waals surface area contributed by atoms with Gasteiger partial charge in [0.15, 0.2) is 0 Å². The number of methoxy groups -OCH3 is 1. The number of rotatable bonds is 7. The van der Waals surface area contributed by atoms with Gasteiger partial charge in [0.05, 0.1) is 19.4 Å². The highest BCUT2D eigenvalue weighted by Crippen LogP contribution is 2.28. The van der Waals surface area contributed by atoms with Crippen LogP contribution in [0.25, 0.3) is 0 Å². The molecule has 0 radical (unpaired) electrons. The normalized spacial score (nSPS) is 14.1. The predicted molar refractivity (Wildman–Crippen MR) is 113 cm³/mol. The van der Waals surface area contributed by atoms with Crippen molar-refractivity contribution in [3.8, 4) is 11.5 Å². The topological polar surface area (TPSA) is 24.9 Å². The molecule has 0 atom stereocenters. The highest BCUT2D eigenvalue weighted by atomic mass is 35.5. The molecule has 0 unspecified atom stereocenters. The number of hydrogen-bond acceptors (Lipinski definition) is 4. The van der Waals surface area contributed by atoms with Crippen molar-refractivity contribution in [2.24, 2.45) is 0 Å². The van der Waals surface area contributed by atoms with E-state index in [1.54, 1.807) is 19.2 Å². The molecule has 0 aromatic heterocycles. The lowest BCUT2D eigenvalue weighted by atomic mass is 10.2. The fraction of sp³-hybridized carbons (Fsp3) is 0.400. The molecule has 1 saturated heterocycles. The van der Waals surface area contributed by atoms with Gasteiger partial charge in [0.2, 0.25) is 0 Å². The Hall–Kier alpha value is -1.69. The summed E-state index contributed by atoms with van der Waals surface area (Å²) >= 11 is 0. The van der Waals surface area contributed by atoms with Crippen LogP contribution in [0.1, 0.15) is 6.42 Å². The first-order chi connectivity index (χ1) is 12.3. The van der Waals surface area contributed by atoms with Crippen molar-refractivity contribution in [2.75, 3.05) is 51.3 Å². The average Bonchev–Trinajstić information content (AvgIpc) is 2.67. The highest BCUT2D eigenvalue weighted by molar-refractivity contribution is 5.85. The molecule has 1 aliphatic rings. The fourth-order valence-electron chi connectivity index (χ4n) is 3.11. The third-order valence-electron chi connectivity index (χ3n) is 4.50. The number of piperazine rings is 1. The van der Waals surface area contributed by atoms with Crippen LogP contribution in [0.4, 0.5) is 10.1 Å². The van der Waals surface area contributed by atoms with Gasteiger partial charge in [-0.05, 0) is 42.8 Å². The summed E-state index contributed by atoms with van der Waals surface area (Å²) in [6.45, 7) is 5.74. The van der Waals surface area contributed by atoms with E-state index < -0.39 is 0 Å². The molecule has 150 valence electrons. The molecule has 0 saturated carbocycles. The van der Waals surface area contributed by atoms with Gasteiger partial charge in [0, 0.05) is 32.7 Å². The highest BCUT2D eigenvalue weighted by Gasteiger charge is 2.19. The third kappa shape index (κ3) is 6.76. The summed E-state index contributed by atoms with van der Waals surface area (Å²) in [5, 5.41) is 0. The van der Waals surface area contributed by atoms with Gasteiger partial charge in [-0.3, -0.25) is 4.90 Å². The maximum Gasteiger partial charge on any atom is 0.142 e. The zero-order valence-electron chi connectivity index (χ0n) is 15.5. The van der Waals surface area contributed by atoms with Crippen molar-refractivity contribution >= 4 is 30.5 Å². The summed E-state index contributed by atoms with van der Waals surface area (Å²) in [5.41, 5.74) is 1.17. The first-order valence-electron chi connectivity index (χ1n) is 8.75. The first-order valence-corrected chi connectivity index (χ1v) is 8.75. The smallest absolute Gasteiger partial charge is 0.142 e. The average molecular weight is 417 g/mol. The number of anilines is 1. The van der Waals surface area contributed by atoms with Crippen LogP contribution in [0.5, 0.6) is 11.5 Å². The summed E-state index contributed by atoms with van der Waals surface area (Å²) in [6, 6.07) is 14.4. The Kier molecular flexibility index (Phi) is 10.3. The Morgan fingerprint density at radius 2 is 1.59 bits per heavy atom. The molecule has 7 heteroatoms. The molecule has 0 N–H and O–H groups in total. The zero-order chi connectivity index (χ0) is 17.5. The van der Waals surface area contributed by atoms with Crippen molar-refractivity contribution in [3.63, 3.8) is 0 Å². The molecule has 4 nitrogen and oxygen atoms in total. The molecular formula is C20H27Cl2FN2O2. The van der Waals surface area contributed by atoms with Crippen molar-refractivity contribution < 1.29 is 13.9 Å². The van der Waals surface area contributed by atoms with Crippen LogP contribution in [0.15, 0.2) is 48.5 Å².